The van der Waals surface area contributed by atoms with E-state index in [2.05, 4.69) is 4.99 Å². The fraction of sp³-hybridized carbons (Fsp3) is 0.179. The van der Waals surface area contributed by atoms with Crippen LogP contribution in [0.25, 0.3) is 17.4 Å². The first-order valence-corrected chi connectivity index (χ1v) is 13.3. The molecule has 42 heavy (non-hydrogen) atoms. The average Bonchev–Trinajstić information content (AvgIpc) is 3.52. The molecule has 0 bridgehead atoms. The SMILES string of the molecule is CCOC(=O)C1=C(C(F)(F)F)N=c2s/c(=C\c3ccc(-c4cccc(C(F)(F)F)c4)o3)c(=O)n2[C@@H]1c1ccc(Cl)cc1. The average molecular weight is 627 g/mol. The molecule has 1 aliphatic heterocycles. The molecular weight excluding hydrogens is 610 g/mol. The third kappa shape index (κ3) is 5.66. The van der Waals surface area contributed by atoms with Crippen LogP contribution in [-0.4, -0.2) is 23.3 Å². The Morgan fingerprint density at radius 3 is 2.43 bits per heavy atom. The zero-order valence-electron chi connectivity index (χ0n) is 21.2. The number of halogens is 7. The zero-order chi connectivity index (χ0) is 30.4. The van der Waals surface area contributed by atoms with E-state index in [9.17, 15) is 35.9 Å². The normalized spacial score (nSPS) is 15.9. The summed E-state index contributed by atoms with van der Waals surface area (Å²) in [7, 11) is 0. The van der Waals surface area contributed by atoms with Crippen LogP contribution >= 0.6 is 22.9 Å². The predicted molar refractivity (Wildman–Crippen MR) is 141 cm³/mol. The van der Waals surface area contributed by atoms with E-state index in [-0.39, 0.29) is 43.6 Å². The molecule has 1 aliphatic rings. The predicted octanol–water partition coefficient (Wildman–Crippen LogP) is 6.27. The second-order valence-electron chi connectivity index (χ2n) is 8.90. The van der Waals surface area contributed by atoms with E-state index in [4.69, 9.17) is 20.8 Å². The molecule has 4 aromatic rings. The molecule has 0 spiro atoms. The highest BCUT2D eigenvalue weighted by atomic mass is 35.5. The van der Waals surface area contributed by atoms with Crippen molar-refractivity contribution < 1.29 is 40.3 Å². The third-order valence-electron chi connectivity index (χ3n) is 6.16. The Kier molecular flexibility index (Phi) is 7.66. The summed E-state index contributed by atoms with van der Waals surface area (Å²) >= 11 is 6.59. The minimum Gasteiger partial charge on any atom is -0.463 e. The monoisotopic (exact) mass is 626 g/mol. The second-order valence-corrected chi connectivity index (χ2v) is 10.3. The number of allylic oxidation sites excluding steroid dienone is 1. The molecule has 218 valence electrons. The van der Waals surface area contributed by atoms with Crippen molar-refractivity contribution in [3.8, 4) is 11.3 Å². The van der Waals surface area contributed by atoms with E-state index >= 15 is 0 Å². The van der Waals surface area contributed by atoms with Crippen molar-refractivity contribution in [3.63, 3.8) is 0 Å². The van der Waals surface area contributed by atoms with Gasteiger partial charge >= 0.3 is 18.3 Å². The number of ether oxygens (including phenoxy) is 1. The maximum atomic E-state index is 14.2. The van der Waals surface area contributed by atoms with Crippen molar-refractivity contribution in [2.24, 2.45) is 4.99 Å². The Hall–Kier alpha value is -4.10. The number of hydrogen-bond donors (Lipinski definition) is 0. The Labute approximate surface area is 241 Å². The number of fused-ring (bicyclic) bond motifs is 1. The second kappa shape index (κ2) is 11.0. The van der Waals surface area contributed by atoms with Gasteiger partial charge in [-0.1, -0.05) is 47.2 Å². The maximum Gasteiger partial charge on any atom is 0.434 e. The number of hydrogen-bond acceptors (Lipinski definition) is 6. The molecule has 0 fully saturated rings. The summed E-state index contributed by atoms with van der Waals surface area (Å²) in [6.45, 7) is 1.20. The summed E-state index contributed by atoms with van der Waals surface area (Å²) < 4.78 is 93.5. The van der Waals surface area contributed by atoms with Gasteiger partial charge in [0.15, 0.2) is 10.5 Å². The zero-order valence-corrected chi connectivity index (χ0v) is 22.8. The third-order valence-corrected chi connectivity index (χ3v) is 7.39. The van der Waals surface area contributed by atoms with Crippen molar-refractivity contribution in [2.75, 3.05) is 6.61 Å². The van der Waals surface area contributed by atoms with E-state index in [0.29, 0.717) is 11.3 Å². The molecule has 0 unspecified atom stereocenters. The Morgan fingerprint density at radius 2 is 1.79 bits per heavy atom. The molecular formula is C28H17ClF6N2O4S. The quantitative estimate of drug-likeness (QED) is 0.193. The smallest absolute Gasteiger partial charge is 0.434 e. The van der Waals surface area contributed by atoms with Crippen LogP contribution in [-0.2, 0) is 15.7 Å². The summed E-state index contributed by atoms with van der Waals surface area (Å²) in [5.41, 5.74) is -3.75. The molecule has 2 aromatic carbocycles. The summed E-state index contributed by atoms with van der Waals surface area (Å²) in [4.78, 5) is 29.8. The standard InChI is InChI=1S/C28H17ClF6N2O4S/c1-2-40-25(39)21-22(14-6-8-17(29)9-7-14)37-24(38)20(42-26(37)36-23(21)28(33,34)35)13-18-10-11-19(41-18)15-4-3-5-16(12-15)27(30,31)32/h3-13,22H,2H2,1H3/b20-13-/t22-/m1/s1. The lowest BCUT2D eigenvalue weighted by Gasteiger charge is -2.26. The van der Waals surface area contributed by atoms with E-state index in [0.717, 1.165) is 16.7 Å². The summed E-state index contributed by atoms with van der Waals surface area (Å²) in [6, 6.07) is 11.3. The number of esters is 1. The van der Waals surface area contributed by atoms with Crippen LogP contribution in [0.4, 0.5) is 26.3 Å². The van der Waals surface area contributed by atoms with Crippen LogP contribution in [0.2, 0.25) is 5.02 Å². The van der Waals surface area contributed by atoms with Crippen molar-refractivity contribution in [3.05, 3.63) is 114 Å². The number of nitrogens with zero attached hydrogens (tertiary/aromatic N) is 2. The van der Waals surface area contributed by atoms with Gasteiger partial charge in [0.25, 0.3) is 5.56 Å². The molecule has 1 atom stereocenters. The number of benzene rings is 2. The molecule has 6 nitrogen and oxygen atoms in total. The molecule has 2 aromatic heterocycles. The van der Waals surface area contributed by atoms with Crippen molar-refractivity contribution in [2.45, 2.75) is 25.3 Å². The summed E-state index contributed by atoms with van der Waals surface area (Å²) in [5.74, 6) is -1.17. The van der Waals surface area contributed by atoms with Gasteiger partial charge in [0.05, 0.1) is 28.3 Å². The highest BCUT2D eigenvalue weighted by Gasteiger charge is 2.45. The number of carbonyl (C=O) groups is 1. The first kappa shape index (κ1) is 29.4. The minimum atomic E-state index is -5.07. The largest absolute Gasteiger partial charge is 0.463 e. The van der Waals surface area contributed by atoms with Gasteiger partial charge < -0.3 is 9.15 Å². The van der Waals surface area contributed by atoms with Gasteiger partial charge in [-0.2, -0.15) is 26.3 Å². The summed E-state index contributed by atoms with van der Waals surface area (Å²) in [6.07, 6.45) is -8.40. The van der Waals surface area contributed by atoms with Gasteiger partial charge in [0.1, 0.15) is 11.5 Å². The molecule has 14 heteroatoms. The van der Waals surface area contributed by atoms with Crippen molar-refractivity contribution >= 4 is 35.0 Å². The van der Waals surface area contributed by atoms with E-state index in [1.54, 1.807) is 0 Å². The summed E-state index contributed by atoms with van der Waals surface area (Å²) in [5, 5.41) is 0.276. The number of aromatic nitrogens is 1. The Bertz CT molecular complexity index is 1880. The number of rotatable bonds is 5. The van der Waals surface area contributed by atoms with E-state index < -0.39 is 46.8 Å². The molecule has 3 heterocycles. The van der Waals surface area contributed by atoms with Gasteiger partial charge in [-0.3, -0.25) is 9.36 Å². The molecule has 0 aliphatic carbocycles. The number of alkyl halides is 6. The molecule has 5 rings (SSSR count). The lowest BCUT2D eigenvalue weighted by Crippen LogP contribution is -2.41. The van der Waals surface area contributed by atoms with Crippen LogP contribution in [0.3, 0.4) is 0 Å². The topological polar surface area (TPSA) is 73.8 Å². The maximum absolute atomic E-state index is 14.2. The Balaban J connectivity index is 1.67. The lowest BCUT2D eigenvalue weighted by molar-refractivity contribution is -0.140. The van der Waals surface area contributed by atoms with E-state index in [1.807, 2.05) is 0 Å². The highest BCUT2D eigenvalue weighted by molar-refractivity contribution is 7.07. The van der Waals surface area contributed by atoms with Crippen LogP contribution in [0, 0.1) is 0 Å². The van der Waals surface area contributed by atoms with Gasteiger partial charge in [-0.15, -0.1) is 0 Å². The van der Waals surface area contributed by atoms with Crippen LogP contribution < -0.4 is 14.9 Å². The van der Waals surface area contributed by atoms with Crippen LogP contribution in [0.15, 0.2) is 86.1 Å². The van der Waals surface area contributed by atoms with Gasteiger partial charge in [0.2, 0.25) is 0 Å². The number of furan rings is 1. The van der Waals surface area contributed by atoms with Gasteiger partial charge in [-0.05, 0) is 48.9 Å². The molecule has 0 radical (unpaired) electrons. The molecule has 0 amide bonds. The Morgan fingerprint density at radius 1 is 1.07 bits per heavy atom. The molecule has 0 saturated heterocycles. The first-order valence-electron chi connectivity index (χ1n) is 12.1. The number of carbonyl (C=O) groups excluding carboxylic acids is 1. The van der Waals surface area contributed by atoms with E-state index in [1.165, 1.54) is 61.5 Å². The minimum absolute atomic E-state index is 0.0522. The van der Waals surface area contributed by atoms with Crippen LogP contribution in [0.5, 0.6) is 0 Å². The van der Waals surface area contributed by atoms with Crippen LogP contribution in [0.1, 0.15) is 29.9 Å². The first-order chi connectivity index (χ1) is 19.8. The lowest BCUT2D eigenvalue weighted by atomic mass is 9.95. The number of thiazole rings is 1. The fourth-order valence-electron chi connectivity index (χ4n) is 4.36. The fourth-order valence-corrected chi connectivity index (χ4v) is 5.47. The molecule has 0 N–H and O–H groups in total. The van der Waals surface area contributed by atoms with Gasteiger partial charge in [-0.25, -0.2) is 9.79 Å². The van der Waals surface area contributed by atoms with Crippen molar-refractivity contribution in [1.29, 1.82) is 0 Å². The van der Waals surface area contributed by atoms with Gasteiger partial charge in [0, 0.05) is 16.7 Å². The van der Waals surface area contributed by atoms with Crippen molar-refractivity contribution in [1.82, 2.24) is 4.57 Å². The highest BCUT2D eigenvalue weighted by Crippen LogP contribution is 2.38. The molecule has 0 saturated carbocycles.